The Morgan fingerprint density at radius 3 is 0.517 bits per heavy atom. The largest absolute Gasteiger partial charge is 0.311 e. The number of benzene rings is 22. The van der Waals surface area contributed by atoms with Crippen LogP contribution in [-0.4, -0.2) is 0 Å². The summed E-state index contributed by atoms with van der Waals surface area (Å²) in [6.45, 7) is 15.2. The number of hydrogen-bond acceptors (Lipinski definition) is 8. The van der Waals surface area contributed by atoms with Gasteiger partial charge in [0.25, 0.3) is 0 Å². The third-order valence-corrected chi connectivity index (χ3v) is 29.4. The molecule has 2 aliphatic carbocycles. The Morgan fingerprint density at radius 2 is 0.289 bits per heavy atom. The molecule has 1 spiro atoms. The third kappa shape index (κ3) is 18.2. The van der Waals surface area contributed by atoms with Crippen molar-refractivity contribution in [2.24, 2.45) is 0 Å². The normalized spacial score (nSPS) is 11.8. The van der Waals surface area contributed by atoms with Crippen molar-refractivity contribution in [1.29, 1.82) is 0 Å². The van der Waals surface area contributed by atoms with Crippen LogP contribution in [0.2, 0.25) is 0 Å². The highest BCUT2D eigenvalue weighted by Crippen LogP contribution is 2.66. The zero-order chi connectivity index (χ0) is 101. The molecule has 0 unspecified atom stereocenters. The van der Waals surface area contributed by atoms with E-state index < -0.39 is 5.41 Å². The van der Waals surface area contributed by atoms with Crippen LogP contribution in [0.5, 0.6) is 0 Å². The van der Waals surface area contributed by atoms with Gasteiger partial charge in [0.2, 0.25) is 0 Å². The molecule has 8 nitrogen and oxygen atoms in total. The maximum Gasteiger partial charge on any atom is 0.0728 e. The van der Waals surface area contributed by atoms with Crippen molar-refractivity contribution >= 4 is 136 Å². The molecule has 0 radical (unpaired) electrons. The molecular weight excluding hydrogens is 1810 g/mol. The van der Waals surface area contributed by atoms with Gasteiger partial charge in [-0.2, -0.15) is 0 Å². The molecule has 0 amide bonds. The molecular formula is C141H112N8. The summed E-state index contributed by atoms with van der Waals surface area (Å²) in [4.78, 5) is 19.2. The average molecular weight is 1920 g/mol. The van der Waals surface area contributed by atoms with Crippen LogP contribution in [0.4, 0.5) is 136 Å². The number of anilines is 24. The van der Waals surface area contributed by atoms with Crippen LogP contribution in [0.15, 0.2) is 540 Å². The van der Waals surface area contributed by atoms with Gasteiger partial charge in [0.1, 0.15) is 0 Å². The first kappa shape index (κ1) is 92.6. The first-order chi connectivity index (χ1) is 73.2. The highest BCUT2D eigenvalue weighted by atomic mass is 15.2. The van der Waals surface area contributed by atoms with Crippen LogP contribution < -0.4 is 39.2 Å². The van der Waals surface area contributed by atoms with Crippen molar-refractivity contribution in [3.05, 3.63) is 612 Å². The molecule has 0 saturated heterocycles. The van der Waals surface area contributed by atoms with Crippen LogP contribution in [0.1, 0.15) is 72.3 Å². The van der Waals surface area contributed by atoms with Gasteiger partial charge >= 0.3 is 0 Å². The smallest absolute Gasteiger partial charge is 0.0728 e. The SMILES string of the molecule is Cc1ccc(N(c2ccc(C)cc2)c2ccc3c(c2)C2(c4cc(N(c5ccc(C)cc5)c5ccc(C)cc5)ccc4-3)c3cc(N(c4ccc(C)cc4)c4ccc(C)cc4)ccc3-c3ccc(N(c4ccc(C)cc4)c4ccc(Cc5cccc(N(c6ccccc6)c6ccc(N(c7ccc(-c8ccccc8)cc7)c7ccc(N(c8ccccc8)c8ccc(N(c9ccccc9)c9ccccc9)cc8)cc7)cc6)c5)cc4)cc32)cc1. The maximum atomic E-state index is 2.55. The molecule has 0 N–H and O–H groups in total. The lowest BCUT2D eigenvalue weighted by atomic mass is 9.70. The molecule has 0 heterocycles. The molecule has 0 aromatic heterocycles. The van der Waals surface area contributed by atoms with Crippen molar-refractivity contribution in [1.82, 2.24) is 0 Å². The van der Waals surface area contributed by atoms with Gasteiger partial charge in [-0.3, -0.25) is 0 Å². The van der Waals surface area contributed by atoms with Crippen LogP contribution in [-0.2, 0) is 11.8 Å². The van der Waals surface area contributed by atoms with E-state index >= 15 is 0 Å². The number of fused-ring (bicyclic) bond motifs is 10. The van der Waals surface area contributed by atoms with E-state index in [4.69, 9.17) is 0 Å². The van der Waals surface area contributed by atoms with Gasteiger partial charge in [-0.1, -0.05) is 288 Å². The van der Waals surface area contributed by atoms with E-state index in [0.717, 1.165) is 142 Å². The molecule has 24 rings (SSSR count). The monoisotopic (exact) mass is 1920 g/mol. The number of hydrogen-bond donors (Lipinski definition) is 0. The summed E-state index contributed by atoms with van der Waals surface area (Å²) >= 11 is 0. The van der Waals surface area contributed by atoms with Crippen molar-refractivity contribution in [2.75, 3.05) is 39.2 Å². The van der Waals surface area contributed by atoms with E-state index in [1.807, 2.05) is 0 Å². The molecule has 22 aromatic carbocycles. The quantitative estimate of drug-likeness (QED) is 0.0503. The second-order valence-electron chi connectivity index (χ2n) is 39.5. The van der Waals surface area contributed by atoms with E-state index in [1.54, 1.807) is 0 Å². The Kier molecular flexibility index (Phi) is 24.9. The van der Waals surface area contributed by atoms with Crippen LogP contribution in [0.3, 0.4) is 0 Å². The fourth-order valence-electron chi connectivity index (χ4n) is 22.0. The van der Waals surface area contributed by atoms with Gasteiger partial charge in [0, 0.05) is 136 Å². The minimum absolute atomic E-state index is 0.695. The Labute approximate surface area is 875 Å². The molecule has 2 aliphatic rings. The lowest BCUT2D eigenvalue weighted by Gasteiger charge is -2.35. The van der Waals surface area contributed by atoms with Crippen molar-refractivity contribution in [2.45, 2.75) is 60.3 Å². The topological polar surface area (TPSA) is 25.9 Å². The molecule has 149 heavy (non-hydrogen) atoms. The summed E-state index contributed by atoms with van der Waals surface area (Å²) in [5.41, 5.74) is 47.1. The Hall–Kier alpha value is -18.8. The first-order valence-corrected chi connectivity index (χ1v) is 51.5. The summed E-state index contributed by atoms with van der Waals surface area (Å²) in [5.74, 6) is 0. The second kappa shape index (κ2) is 40.1. The Balaban J connectivity index is 0.604. The standard InChI is InChI=1S/C141H112N8/c1-98-36-54-113(55-37-98)146(114-56-38-99(2)39-57-114)129-84-88-133-134-89-85-130(147(115-58-40-100(3)41-59-115)116-60-42-101(4)43-61-116)95-138(134)141(137(133)94-129)139-96-131(148(117-62-44-102(5)45-63-117)118-64-46-103(6)47-65-118)86-90-135(139)136-91-87-132(97-140(136)141)149(119-66-48-104(7)49-67-119)120-68-50-105(51-69-120)92-106-24-23-35-128(93-106)145(112-33-21-12-22-34-112)127-82-80-126(81-83-127)144(121-70-52-108(53-71-121)107-25-13-8-14-26-107)125-78-76-124(77-79-125)143(111-31-19-11-20-32-111)123-74-72-122(73-75-123)142(109-27-15-9-16-28-109)110-29-17-10-18-30-110/h8-91,93-97H,92H2,1-7H3. The average Bonchev–Trinajstić information content (AvgIpc) is 1.50. The summed E-state index contributed by atoms with van der Waals surface area (Å²) in [5, 5.41) is 0. The van der Waals surface area contributed by atoms with Crippen LogP contribution in [0, 0.1) is 48.5 Å². The summed E-state index contributed by atoms with van der Waals surface area (Å²) < 4.78 is 0. The molecule has 8 heteroatoms. The highest BCUT2D eigenvalue weighted by molar-refractivity contribution is 6.01. The van der Waals surface area contributed by atoms with Gasteiger partial charge in [-0.15, -0.1) is 0 Å². The van der Waals surface area contributed by atoms with Gasteiger partial charge in [0.05, 0.1) is 5.41 Å². The number of rotatable bonds is 27. The highest BCUT2D eigenvalue weighted by Gasteiger charge is 2.53. The molecule has 22 aromatic rings. The van der Waals surface area contributed by atoms with Gasteiger partial charge in [-0.25, -0.2) is 0 Å². The predicted molar refractivity (Wildman–Crippen MR) is 628 cm³/mol. The van der Waals surface area contributed by atoms with E-state index in [0.29, 0.717) is 6.42 Å². The van der Waals surface area contributed by atoms with E-state index in [9.17, 15) is 0 Å². The van der Waals surface area contributed by atoms with Gasteiger partial charge < -0.3 is 39.2 Å². The fourth-order valence-corrected chi connectivity index (χ4v) is 22.0. The van der Waals surface area contributed by atoms with E-state index in [2.05, 4.69) is 628 Å². The second-order valence-corrected chi connectivity index (χ2v) is 39.5. The summed E-state index contributed by atoms with van der Waals surface area (Å²) in [6, 6.07) is 200. The molecule has 0 bridgehead atoms. The lowest BCUT2D eigenvalue weighted by Crippen LogP contribution is -2.27. The Bertz CT molecular complexity index is 8040. The molecule has 0 aliphatic heterocycles. The van der Waals surface area contributed by atoms with Crippen molar-refractivity contribution < 1.29 is 0 Å². The molecule has 716 valence electrons. The number of aryl methyl sites for hydroxylation is 7. The predicted octanol–water partition coefficient (Wildman–Crippen LogP) is 39.2. The van der Waals surface area contributed by atoms with E-state index in [-0.39, 0.29) is 0 Å². The van der Waals surface area contributed by atoms with Crippen LogP contribution >= 0.6 is 0 Å². The molecule has 0 atom stereocenters. The fraction of sp³-hybridized carbons (Fsp3) is 0.0638. The minimum Gasteiger partial charge on any atom is -0.311 e. The van der Waals surface area contributed by atoms with Crippen LogP contribution in [0.25, 0.3) is 33.4 Å². The first-order valence-electron chi connectivity index (χ1n) is 51.5. The number of para-hydroxylation sites is 4. The lowest BCUT2D eigenvalue weighted by molar-refractivity contribution is 0.793. The zero-order valence-corrected chi connectivity index (χ0v) is 84.7. The Morgan fingerprint density at radius 1 is 0.128 bits per heavy atom. The third-order valence-electron chi connectivity index (χ3n) is 29.4. The summed E-state index contributed by atoms with van der Waals surface area (Å²) in [7, 11) is 0. The van der Waals surface area contributed by atoms with Crippen molar-refractivity contribution in [3.8, 4) is 33.4 Å². The summed E-state index contributed by atoms with van der Waals surface area (Å²) in [6.07, 6.45) is 0.695. The van der Waals surface area contributed by atoms with Gasteiger partial charge in [0.15, 0.2) is 0 Å². The maximum absolute atomic E-state index is 2.55. The van der Waals surface area contributed by atoms with Crippen molar-refractivity contribution in [3.63, 3.8) is 0 Å². The van der Waals surface area contributed by atoms with Gasteiger partial charge in [-0.05, 0) is 413 Å². The number of nitrogens with zero attached hydrogens (tertiary/aromatic N) is 8. The van der Waals surface area contributed by atoms with E-state index in [1.165, 1.54) is 100 Å². The molecule has 0 saturated carbocycles. The minimum atomic E-state index is -0.943. The zero-order valence-electron chi connectivity index (χ0n) is 84.7. The molecule has 0 fully saturated rings.